The van der Waals surface area contributed by atoms with Crippen LogP contribution in [-0.2, 0) is 4.79 Å². The molecule has 0 saturated carbocycles. The molecule has 2 aromatic carbocycles. The maximum absolute atomic E-state index is 13.6. The van der Waals surface area contributed by atoms with Gasteiger partial charge in [-0.05, 0) is 25.1 Å². The highest BCUT2D eigenvalue weighted by Gasteiger charge is 2.13. The Kier molecular flexibility index (Phi) is 5.97. The molecule has 2 rings (SSSR count). The van der Waals surface area contributed by atoms with E-state index in [4.69, 9.17) is 0 Å². The lowest BCUT2D eigenvalue weighted by atomic mass is 10.1. The predicted molar refractivity (Wildman–Crippen MR) is 84.8 cm³/mol. The van der Waals surface area contributed by atoms with Crippen molar-refractivity contribution in [1.82, 2.24) is 16.2 Å². The highest BCUT2D eigenvalue weighted by Crippen LogP contribution is 2.17. The van der Waals surface area contributed by atoms with Gasteiger partial charge in [0.05, 0.1) is 6.54 Å². The van der Waals surface area contributed by atoms with E-state index in [1.54, 1.807) is 37.3 Å². The number of hydrogen-bond acceptors (Lipinski definition) is 3. The molecule has 0 spiro atoms. The van der Waals surface area contributed by atoms with Crippen molar-refractivity contribution in [3.63, 3.8) is 0 Å². The molecule has 0 radical (unpaired) electrons. The second-order valence-electron chi connectivity index (χ2n) is 5.14. The van der Waals surface area contributed by atoms with E-state index in [0.29, 0.717) is 5.56 Å². The van der Waals surface area contributed by atoms with Crippen LogP contribution in [0.3, 0.4) is 0 Å². The largest absolute Gasteiger partial charge is 0.302 e. The molecule has 3 N–H and O–H groups in total. The van der Waals surface area contributed by atoms with Gasteiger partial charge in [0, 0.05) is 23.2 Å². The van der Waals surface area contributed by atoms with Crippen molar-refractivity contribution >= 4 is 11.8 Å². The summed E-state index contributed by atoms with van der Waals surface area (Å²) in [4.78, 5) is 23.5. The van der Waals surface area contributed by atoms with Crippen LogP contribution in [-0.4, -0.2) is 18.4 Å². The molecule has 0 aromatic heterocycles. The van der Waals surface area contributed by atoms with Gasteiger partial charge in [-0.3, -0.25) is 20.4 Å². The summed E-state index contributed by atoms with van der Waals surface area (Å²) in [7, 11) is 0. The topological polar surface area (TPSA) is 70.2 Å². The van der Waals surface area contributed by atoms with Gasteiger partial charge in [-0.2, -0.15) is 0 Å². The van der Waals surface area contributed by atoms with Crippen LogP contribution >= 0.6 is 0 Å². The number of amides is 2. The fourth-order valence-corrected chi connectivity index (χ4v) is 2.04. The van der Waals surface area contributed by atoms with E-state index < -0.39 is 29.5 Å². The number of halogens is 2. The lowest BCUT2D eigenvalue weighted by Crippen LogP contribution is -2.45. The lowest BCUT2D eigenvalue weighted by molar-refractivity contribution is -0.121. The van der Waals surface area contributed by atoms with E-state index >= 15 is 0 Å². The minimum absolute atomic E-state index is 0.146. The number of hydrazine groups is 1. The van der Waals surface area contributed by atoms with Gasteiger partial charge in [-0.1, -0.05) is 24.3 Å². The van der Waals surface area contributed by atoms with Crippen molar-refractivity contribution in [2.75, 3.05) is 6.54 Å². The molecule has 0 aliphatic heterocycles. The Labute approximate surface area is 138 Å². The van der Waals surface area contributed by atoms with Crippen LogP contribution in [0.4, 0.5) is 8.78 Å². The third-order valence-electron chi connectivity index (χ3n) is 3.35. The smallest absolute Gasteiger partial charge is 0.269 e. The molecule has 0 aliphatic rings. The molecule has 24 heavy (non-hydrogen) atoms. The van der Waals surface area contributed by atoms with Crippen LogP contribution in [0.5, 0.6) is 0 Å². The third-order valence-corrected chi connectivity index (χ3v) is 3.35. The molecule has 0 heterocycles. The Balaban J connectivity index is 1.79. The fraction of sp³-hybridized carbons (Fsp3) is 0.176. The van der Waals surface area contributed by atoms with E-state index in [1.807, 2.05) is 0 Å². The zero-order valence-electron chi connectivity index (χ0n) is 13.0. The van der Waals surface area contributed by atoms with Crippen molar-refractivity contribution in [3.05, 3.63) is 71.3 Å². The number of carbonyl (C=O) groups is 2. The molecule has 0 fully saturated rings. The monoisotopic (exact) mass is 333 g/mol. The summed E-state index contributed by atoms with van der Waals surface area (Å²) in [6.07, 6.45) is 0. The maximum Gasteiger partial charge on any atom is 0.269 e. The van der Waals surface area contributed by atoms with Crippen molar-refractivity contribution in [2.45, 2.75) is 13.0 Å². The van der Waals surface area contributed by atoms with Crippen LogP contribution in [0.1, 0.15) is 28.9 Å². The van der Waals surface area contributed by atoms with Crippen molar-refractivity contribution in [1.29, 1.82) is 0 Å². The van der Waals surface area contributed by atoms with Gasteiger partial charge < -0.3 is 5.32 Å². The molecule has 0 bridgehead atoms. The maximum atomic E-state index is 13.6. The van der Waals surface area contributed by atoms with E-state index in [9.17, 15) is 18.4 Å². The van der Waals surface area contributed by atoms with Crippen molar-refractivity contribution in [2.24, 2.45) is 0 Å². The second-order valence-corrected chi connectivity index (χ2v) is 5.14. The molecule has 126 valence electrons. The molecule has 2 aromatic rings. The zero-order valence-corrected chi connectivity index (χ0v) is 13.0. The van der Waals surface area contributed by atoms with E-state index in [0.717, 1.165) is 12.1 Å². The summed E-state index contributed by atoms with van der Waals surface area (Å²) >= 11 is 0. The molecule has 1 atom stereocenters. The second kappa shape index (κ2) is 8.16. The molecule has 5 nitrogen and oxygen atoms in total. The Bertz CT molecular complexity index is 723. The number of rotatable bonds is 5. The van der Waals surface area contributed by atoms with Crippen LogP contribution in [0, 0.1) is 11.6 Å². The van der Waals surface area contributed by atoms with Crippen molar-refractivity contribution < 1.29 is 18.4 Å². The van der Waals surface area contributed by atoms with Gasteiger partial charge >= 0.3 is 0 Å². The summed E-state index contributed by atoms with van der Waals surface area (Å²) in [6, 6.07) is 11.2. The quantitative estimate of drug-likeness (QED) is 0.734. The Hall–Kier alpha value is -2.80. The van der Waals surface area contributed by atoms with E-state index in [1.165, 1.54) is 6.07 Å². The molecule has 0 saturated heterocycles. The van der Waals surface area contributed by atoms with Crippen LogP contribution in [0.15, 0.2) is 48.5 Å². The standard InChI is InChI=1S/C17H17F2N3O2/c1-11(14-8-7-13(18)9-15(14)19)20-10-16(23)21-22-17(24)12-5-3-2-4-6-12/h2-9,11,20H,10H2,1H3,(H,21,23)(H,22,24)/t11-/m0/s1. The molecule has 2 amide bonds. The Morgan fingerprint density at radius 3 is 2.42 bits per heavy atom. The van der Waals surface area contributed by atoms with E-state index in [-0.39, 0.29) is 12.1 Å². The first-order chi connectivity index (χ1) is 11.5. The minimum Gasteiger partial charge on any atom is -0.302 e. The summed E-state index contributed by atoms with van der Waals surface area (Å²) in [6.45, 7) is 1.50. The van der Waals surface area contributed by atoms with Crippen LogP contribution in [0.25, 0.3) is 0 Å². The molecule has 7 heteroatoms. The van der Waals surface area contributed by atoms with E-state index in [2.05, 4.69) is 16.2 Å². The molecule has 0 aliphatic carbocycles. The zero-order chi connectivity index (χ0) is 17.5. The number of carbonyl (C=O) groups excluding carboxylic acids is 2. The average molecular weight is 333 g/mol. The van der Waals surface area contributed by atoms with Gasteiger partial charge in [-0.15, -0.1) is 0 Å². The summed E-state index contributed by atoms with van der Waals surface area (Å²) in [5.74, 6) is -2.28. The normalized spacial score (nSPS) is 11.6. The lowest BCUT2D eigenvalue weighted by Gasteiger charge is -2.15. The molecule has 0 unspecified atom stereocenters. The highest BCUT2D eigenvalue weighted by molar-refractivity contribution is 5.95. The predicted octanol–water partition coefficient (Wildman–Crippen LogP) is 2.08. The number of benzene rings is 2. The Morgan fingerprint density at radius 1 is 1.04 bits per heavy atom. The third kappa shape index (κ3) is 4.85. The number of nitrogens with one attached hydrogen (secondary N) is 3. The summed E-state index contributed by atoms with van der Waals surface area (Å²) < 4.78 is 26.5. The van der Waals surface area contributed by atoms with Crippen LogP contribution < -0.4 is 16.2 Å². The first kappa shape index (κ1) is 17.6. The number of hydrogen-bond donors (Lipinski definition) is 3. The van der Waals surface area contributed by atoms with Gasteiger partial charge in [0.15, 0.2) is 0 Å². The Morgan fingerprint density at radius 2 is 1.75 bits per heavy atom. The molecular formula is C17H17F2N3O2. The van der Waals surface area contributed by atoms with Gasteiger partial charge in [0.1, 0.15) is 11.6 Å². The first-order valence-corrected chi connectivity index (χ1v) is 7.30. The van der Waals surface area contributed by atoms with Gasteiger partial charge in [-0.25, -0.2) is 8.78 Å². The van der Waals surface area contributed by atoms with Gasteiger partial charge in [0.25, 0.3) is 11.8 Å². The fourth-order valence-electron chi connectivity index (χ4n) is 2.04. The average Bonchev–Trinajstić information content (AvgIpc) is 2.58. The molecular weight excluding hydrogens is 316 g/mol. The SMILES string of the molecule is C[C@H](NCC(=O)NNC(=O)c1ccccc1)c1ccc(F)cc1F. The van der Waals surface area contributed by atoms with Crippen molar-refractivity contribution in [3.8, 4) is 0 Å². The summed E-state index contributed by atoms with van der Waals surface area (Å²) in [5.41, 5.74) is 5.19. The highest BCUT2D eigenvalue weighted by atomic mass is 19.1. The van der Waals surface area contributed by atoms with Crippen LogP contribution in [0.2, 0.25) is 0 Å². The minimum atomic E-state index is -0.687. The summed E-state index contributed by atoms with van der Waals surface area (Å²) in [5, 5.41) is 2.80. The van der Waals surface area contributed by atoms with Gasteiger partial charge in [0.2, 0.25) is 0 Å². The first-order valence-electron chi connectivity index (χ1n) is 7.30.